The third kappa shape index (κ3) is 4.90. The third-order valence-corrected chi connectivity index (χ3v) is 9.70. The molecule has 0 bridgehead atoms. The molecule has 0 atom stereocenters. The Kier molecular flexibility index (Phi) is 3.01. The molecule has 0 fully saturated rings. The van der Waals surface area contributed by atoms with Crippen molar-refractivity contribution in [3.05, 3.63) is 186 Å². The van der Waals surface area contributed by atoms with Crippen molar-refractivity contribution >= 4 is 59.3 Å². The minimum atomic E-state index is -1.59. The van der Waals surface area contributed by atoms with E-state index in [4.69, 9.17) is 19.2 Å². The normalized spacial score (nSPS) is 20.5. The lowest BCUT2D eigenvalue weighted by Gasteiger charge is -2.28. The summed E-state index contributed by atoms with van der Waals surface area (Å²) in [4.78, 5) is 0.676. The zero-order chi connectivity index (χ0) is 57.6. The van der Waals surface area contributed by atoms with E-state index in [0.717, 1.165) is 23.5 Å². The lowest BCUT2D eigenvalue weighted by molar-refractivity contribution is 0.660. The van der Waals surface area contributed by atoms with Crippen LogP contribution in [0.1, 0.15) is 62.0 Å². The molecule has 0 radical (unpaired) electrons. The fraction of sp³-hybridized carbons (Fsp3) is 0.0612. The van der Waals surface area contributed by atoms with E-state index in [1.165, 1.54) is 13.8 Å². The van der Waals surface area contributed by atoms with E-state index < -0.39 is 207 Å². The first kappa shape index (κ1) is 13.3. The average Bonchev–Trinajstić information content (AvgIpc) is 3.76. The van der Waals surface area contributed by atoms with Crippen LogP contribution in [0.4, 0.5) is 17.1 Å². The molecule has 0 spiro atoms. The van der Waals surface area contributed by atoms with Crippen molar-refractivity contribution in [1.82, 2.24) is 0 Å². The van der Waals surface area contributed by atoms with Crippen molar-refractivity contribution in [3.63, 3.8) is 0 Å². The van der Waals surface area contributed by atoms with Crippen molar-refractivity contribution in [2.24, 2.45) is 0 Å². The van der Waals surface area contributed by atoms with Crippen LogP contribution in [-0.4, -0.2) is 0 Å². The Hall–Kier alpha value is -5.96. The van der Waals surface area contributed by atoms with Crippen LogP contribution in [0.25, 0.3) is 64.3 Å². The van der Waals surface area contributed by atoms with Gasteiger partial charge in [0.15, 0.2) is 0 Å². The summed E-state index contributed by atoms with van der Waals surface area (Å²) in [6, 6.07) is -18.4. The van der Waals surface area contributed by atoms with Gasteiger partial charge in [-0.05, 0) is 116 Å². The summed E-state index contributed by atoms with van der Waals surface area (Å²) in [7, 11) is 0. The SMILES string of the molecule is [2H]c1cc(N(c2c([2H])c([2H])c3c(c2[2H])C(C)(C)c2c([2H])c([2H])c([2H])c([2H])c2-3)c2c([2H])c([2H])c3c([2H])c(-c4cc([2H])c5sc6c([2H])c([2H])c([2H])c([2H])c6c5c4[2H])c([2H])c([2H])c3c2[2H])c([2H])c([2H])c1-c1c([2H])c([2H])c([2H])c([2H])c1[2H]. The second-order valence-corrected chi connectivity index (χ2v) is 13.1. The number of fused-ring (bicyclic) bond motifs is 7. The highest BCUT2D eigenvalue weighted by Gasteiger charge is 2.35. The Bertz CT molecular complexity index is 4310. The number of thiophene rings is 1. The number of benzene rings is 8. The predicted molar refractivity (Wildman–Crippen MR) is 220 cm³/mol. The van der Waals surface area contributed by atoms with Gasteiger partial charge in [0, 0.05) is 42.6 Å². The van der Waals surface area contributed by atoms with Crippen LogP contribution in [0, 0.1) is 0 Å². The molecule has 8 aromatic carbocycles. The van der Waals surface area contributed by atoms with Gasteiger partial charge in [-0.1, -0.05) is 129 Å². The highest BCUT2D eigenvalue weighted by molar-refractivity contribution is 7.25. The van der Waals surface area contributed by atoms with E-state index >= 15 is 0 Å². The molecule has 1 heterocycles. The van der Waals surface area contributed by atoms with Crippen LogP contribution in [-0.2, 0) is 5.41 Å². The molecule has 51 heavy (non-hydrogen) atoms. The van der Waals surface area contributed by atoms with E-state index in [-0.39, 0.29) is 54.0 Å². The molecule has 242 valence electrons. The molecule has 1 aromatic heterocycles. The Morgan fingerprint density at radius 2 is 1.12 bits per heavy atom. The van der Waals surface area contributed by atoms with E-state index in [2.05, 4.69) is 0 Å². The topological polar surface area (TPSA) is 3.24 Å². The summed E-state index contributed by atoms with van der Waals surface area (Å²) in [6.07, 6.45) is 0. The summed E-state index contributed by atoms with van der Waals surface area (Å²) in [5, 5.41) is -1.55. The van der Waals surface area contributed by atoms with Gasteiger partial charge >= 0.3 is 0 Å². The summed E-state index contributed by atoms with van der Waals surface area (Å²) in [5.74, 6) is 0. The first-order valence-corrected chi connectivity index (χ1v) is 16.3. The van der Waals surface area contributed by atoms with E-state index in [1.807, 2.05) is 0 Å². The van der Waals surface area contributed by atoms with Crippen LogP contribution in [0.3, 0.4) is 0 Å². The van der Waals surface area contributed by atoms with E-state index in [9.17, 15) is 17.8 Å². The standard InChI is InChI=1S/C49H35NS/c1-49(2)45-14-8-6-12-41(45)42-26-25-40(31-46(42)49)50(38-22-18-33(19-23-38)32-10-4-3-5-11-32)39-24-20-35-28-34(16-17-36(35)29-39)37-21-27-48-44(30-37)43-13-7-9-15-47(43)51-48/h3-31H,1-2H3/i3D,4D,5D,6D,7D,8D,9D,10D,11D,12D,13D,14D,15D,16D,17D,18D,19D,20D,22D,24D,25D,26D,27D,28D,29D,30D,31D. The van der Waals surface area contributed by atoms with Crippen molar-refractivity contribution < 1.29 is 37.0 Å². The Morgan fingerprint density at radius 3 is 2.04 bits per heavy atom. The van der Waals surface area contributed by atoms with Gasteiger partial charge in [0.05, 0.1) is 37.0 Å². The molecule has 0 aliphatic heterocycles. The Balaban J connectivity index is 1.33. The van der Waals surface area contributed by atoms with Crippen molar-refractivity contribution in [1.29, 1.82) is 0 Å². The maximum absolute atomic E-state index is 9.96. The fourth-order valence-corrected chi connectivity index (χ4v) is 7.11. The van der Waals surface area contributed by atoms with Crippen LogP contribution < -0.4 is 4.90 Å². The molecule has 0 amide bonds. The molecular weight excluding hydrogens is 635 g/mol. The minimum absolute atomic E-state index is 0.0249. The quantitative estimate of drug-likeness (QED) is 0.173. The predicted octanol–water partition coefficient (Wildman–Crippen LogP) is 14.3. The summed E-state index contributed by atoms with van der Waals surface area (Å²) < 4.78 is 244. The fourth-order valence-electron chi connectivity index (χ4n) is 6.18. The lowest BCUT2D eigenvalue weighted by atomic mass is 9.82. The van der Waals surface area contributed by atoms with Crippen molar-refractivity contribution in [3.8, 4) is 33.4 Å². The van der Waals surface area contributed by atoms with Gasteiger partial charge in [0.1, 0.15) is 0 Å². The average molecular weight is 697 g/mol. The monoisotopic (exact) mass is 696 g/mol. The Morgan fingerprint density at radius 1 is 0.451 bits per heavy atom. The smallest absolute Gasteiger partial charge is 0.0651 e. The highest BCUT2D eigenvalue weighted by atomic mass is 32.1. The molecule has 0 N–H and O–H groups in total. The van der Waals surface area contributed by atoms with Crippen molar-refractivity contribution in [2.45, 2.75) is 19.3 Å². The second-order valence-electron chi connectivity index (χ2n) is 12.0. The molecular formula is C49H35NS. The zero-order valence-electron chi connectivity index (χ0n) is 53.5. The number of rotatable bonds is 5. The van der Waals surface area contributed by atoms with Gasteiger partial charge in [0.25, 0.3) is 0 Å². The van der Waals surface area contributed by atoms with Crippen LogP contribution in [0.5, 0.6) is 0 Å². The molecule has 1 nitrogen and oxygen atoms in total. The van der Waals surface area contributed by atoms with Gasteiger partial charge in [0.2, 0.25) is 0 Å². The third-order valence-electron chi connectivity index (χ3n) is 8.67. The molecule has 10 rings (SSSR count). The summed E-state index contributed by atoms with van der Waals surface area (Å²) >= 11 is 0.825. The molecule has 0 unspecified atom stereocenters. The summed E-state index contributed by atoms with van der Waals surface area (Å²) in [6.45, 7) is 2.98. The van der Waals surface area contributed by atoms with E-state index in [1.54, 1.807) is 0 Å². The molecule has 0 saturated heterocycles. The van der Waals surface area contributed by atoms with Crippen LogP contribution in [0.2, 0.25) is 0 Å². The first-order chi connectivity index (χ1) is 36.3. The maximum Gasteiger partial charge on any atom is 0.0651 e. The minimum Gasteiger partial charge on any atom is -0.310 e. The first-order valence-electron chi connectivity index (χ1n) is 29.0. The van der Waals surface area contributed by atoms with Gasteiger partial charge in [-0.2, -0.15) is 0 Å². The van der Waals surface area contributed by atoms with E-state index in [0.29, 0.717) is 4.90 Å². The molecule has 0 saturated carbocycles. The van der Waals surface area contributed by atoms with Gasteiger partial charge in [-0.15, -0.1) is 11.3 Å². The molecule has 1 aliphatic carbocycles. The van der Waals surface area contributed by atoms with Gasteiger partial charge in [-0.25, -0.2) is 0 Å². The van der Waals surface area contributed by atoms with Crippen LogP contribution >= 0.6 is 11.3 Å². The number of hydrogen-bond acceptors (Lipinski definition) is 2. The maximum atomic E-state index is 9.96. The van der Waals surface area contributed by atoms with Crippen molar-refractivity contribution in [2.75, 3.05) is 4.90 Å². The largest absolute Gasteiger partial charge is 0.310 e. The molecule has 2 heteroatoms. The second kappa shape index (κ2) is 11.6. The summed E-state index contributed by atoms with van der Waals surface area (Å²) in [5.41, 5.74) is -6.80. The Labute approximate surface area is 340 Å². The number of nitrogens with zero attached hydrogens (tertiary/aromatic N) is 1. The highest BCUT2D eigenvalue weighted by Crippen LogP contribution is 2.51. The van der Waals surface area contributed by atoms with Gasteiger partial charge in [-0.3, -0.25) is 0 Å². The van der Waals surface area contributed by atoms with Gasteiger partial charge < -0.3 is 4.90 Å². The van der Waals surface area contributed by atoms with Crippen LogP contribution in [0.15, 0.2) is 175 Å². The zero-order valence-corrected chi connectivity index (χ0v) is 27.3. The molecule has 9 aromatic rings. The lowest BCUT2D eigenvalue weighted by Crippen LogP contribution is -2.16. The number of hydrogen-bond donors (Lipinski definition) is 0. The molecule has 1 aliphatic rings. The number of anilines is 3.